The number of hydrogen-bond donors (Lipinski definition) is 2. The van der Waals surface area contributed by atoms with Gasteiger partial charge < -0.3 is 15.8 Å². The van der Waals surface area contributed by atoms with Crippen molar-refractivity contribution < 1.29 is 14.3 Å². The number of ether oxygens (including phenoxy) is 1. The van der Waals surface area contributed by atoms with Gasteiger partial charge >= 0.3 is 0 Å². The highest BCUT2D eigenvalue weighted by Crippen LogP contribution is 2.39. The molecule has 0 unspecified atom stereocenters. The molecule has 1 aromatic carbocycles. The fourth-order valence-corrected chi connectivity index (χ4v) is 4.65. The molecule has 1 aromatic heterocycles. The van der Waals surface area contributed by atoms with E-state index in [2.05, 4.69) is 12.2 Å². The number of fused-ring (bicyclic) bond motifs is 1. The Morgan fingerprint density at radius 2 is 2.08 bits per heavy atom. The summed E-state index contributed by atoms with van der Waals surface area (Å²) in [6.07, 6.45) is 2.79. The molecule has 2 amide bonds. The summed E-state index contributed by atoms with van der Waals surface area (Å²) in [5.74, 6) is 0.455. The SMILES string of the molecule is Cc1ccc(OCC(=O)Nc2sc3c(c2C(N)=O)CC[C@H](C)C3)cc1C. The molecular weight excluding hydrogens is 348 g/mol. The summed E-state index contributed by atoms with van der Waals surface area (Å²) in [4.78, 5) is 25.4. The van der Waals surface area contributed by atoms with Gasteiger partial charge in [-0.05, 0) is 67.9 Å². The zero-order valence-corrected chi connectivity index (χ0v) is 16.2. The molecule has 3 rings (SSSR count). The first-order valence-electron chi connectivity index (χ1n) is 8.79. The zero-order chi connectivity index (χ0) is 18.8. The first-order chi connectivity index (χ1) is 12.3. The predicted molar refractivity (Wildman–Crippen MR) is 104 cm³/mol. The Kier molecular flexibility index (Phi) is 5.32. The van der Waals surface area contributed by atoms with E-state index in [1.807, 2.05) is 32.0 Å². The van der Waals surface area contributed by atoms with Crippen molar-refractivity contribution in [1.82, 2.24) is 0 Å². The molecule has 138 valence electrons. The lowest BCUT2D eigenvalue weighted by Crippen LogP contribution is -2.22. The van der Waals surface area contributed by atoms with Gasteiger partial charge in [0.25, 0.3) is 11.8 Å². The number of benzene rings is 1. The number of amides is 2. The number of anilines is 1. The van der Waals surface area contributed by atoms with Gasteiger partial charge in [-0.1, -0.05) is 13.0 Å². The highest BCUT2D eigenvalue weighted by Gasteiger charge is 2.27. The Morgan fingerprint density at radius 1 is 1.31 bits per heavy atom. The van der Waals surface area contributed by atoms with Crippen LogP contribution in [0.3, 0.4) is 0 Å². The molecule has 0 bridgehead atoms. The molecule has 3 N–H and O–H groups in total. The molecule has 0 saturated carbocycles. The molecule has 26 heavy (non-hydrogen) atoms. The first-order valence-corrected chi connectivity index (χ1v) is 9.61. The van der Waals surface area contributed by atoms with Crippen LogP contribution in [0.15, 0.2) is 18.2 Å². The number of hydrogen-bond acceptors (Lipinski definition) is 4. The Balaban J connectivity index is 1.71. The van der Waals surface area contributed by atoms with Crippen molar-refractivity contribution in [2.24, 2.45) is 11.7 Å². The number of thiophene rings is 1. The van der Waals surface area contributed by atoms with Crippen molar-refractivity contribution in [1.29, 1.82) is 0 Å². The third kappa shape index (κ3) is 3.90. The maximum absolute atomic E-state index is 12.3. The van der Waals surface area contributed by atoms with Gasteiger partial charge in [0.1, 0.15) is 10.8 Å². The van der Waals surface area contributed by atoms with Crippen LogP contribution >= 0.6 is 11.3 Å². The molecule has 1 aliphatic carbocycles. The van der Waals surface area contributed by atoms with Crippen LogP contribution in [0, 0.1) is 19.8 Å². The topological polar surface area (TPSA) is 81.4 Å². The number of carbonyl (C=O) groups is 2. The second-order valence-corrected chi connectivity index (χ2v) is 8.11. The summed E-state index contributed by atoms with van der Waals surface area (Å²) in [7, 11) is 0. The monoisotopic (exact) mass is 372 g/mol. The number of nitrogens with two attached hydrogens (primary N) is 1. The van der Waals surface area contributed by atoms with Gasteiger partial charge in [0, 0.05) is 4.88 Å². The summed E-state index contributed by atoms with van der Waals surface area (Å²) in [5, 5.41) is 3.36. The van der Waals surface area contributed by atoms with Crippen molar-refractivity contribution in [3.05, 3.63) is 45.3 Å². The smallest absolute Gasteiger partial charge is 0.262 e. The molecular formula is C20H24N2O3S. The molecule has 1 heterocycles. The lowest BCUT2D eigenvalue weighted by atomic mass is 9.88. The Bertz CT molecular complexity index is 857. The van der Waals surface area contributed by atoms with Crippen LogP contribution in [0.5, 0.6) is 5.75 Å². The van der Waals surface area contributed by atoms with Crippen LogP contribution in [-0.4, -0.2) is 18.4 Å². The molecule has 2 aromatic rings. The van der Waals surface area contributed by atoms with Gasteiger partial charge in [0.15, 0.2) is 6.61 Å². The minimum absolute atomic E-state index is 0.111. The maximum Gasteiger partial charge on any atom is 0.262 e. The summed E-state index contributed by atoms with van der Waals surface area (Å²) >= 11 is 1.46. The number of primary amides is 1. The summed E-state index contributed by atoms with van der Waals surface area (Å²) in [6.45, 7) is 6.11. The van der Waals surface area contributed by atoms with Gasteiger partial charge in [0.05, 0.1) is 5.56 Å². The van der Waals surface area contributed by atoms with E-state index < -0.39 is 5.91 Å². The standard InChI is InChI=1S/C20H24N2O3S/c1-11-4-7-15-16(8-11)26-20(18(15)19(21)24)22-17(23)10-25-14-6-5-12(2)13(3)9-14/h5-6,9,11H,4,7-8,10H2,1-3H3,(H2,21,24)(H,22,23)/t11-/m0/s1. The van der Waals surface area contributed by atoms with Gasteiger partial charge in [-0.25, -0.2) is 0 Å². The number of carbonyl (C=O) groups excluding carboxylic acids is 2. The van der Waals surface area contributed by atoms with E-state index in [1.165, 1.54) is 16.9 Å². The lowest BCUT2D eigenvalue weighted by Gasteiger charge is -2.18. The Labute approximate surface area is 157 Å². The van der Waals surface area contributed by atoms with Gasteiger partial charge in [0.2, 0.25) is 0 Å². The highest BCUT2D eigenvalue weighted by atomic mass is 32.1. The van der Waals surface area contributed by atoms with Gasteiger partial charge in [-0.3, -0.25) is 9.59 Å². The fourth-order valence-electron chi connectivity index (χ4n) is 3.21. The molecule has 6 heteroatoms. The third-order valence-corrected chi connectivity index (χ3v) is 6.03. The Hall–Kier alpha value is -2.34. The average Bonchev–Trinajstić information content (AvgIpc) is 2.92. The van der Waals surface area contributed by atoms with Crippen molar-refractivity contribution in [3.63, 3.8) is 0 Å². The van der Waals surface area contributed by atoms with Crippen molar-refractivity contribution >= 4 is 28.2 Å². The Morgan fingerprint density at radius 3 is 2.77 bits per heavy atom. The lowest BCUT2D eigenvalue weighted by molar-refractivity contribution is -0.118. The van der Waals surface area contributed by atoms with Gasteiger partial charge in [-0.2, -0.15) is 0 Å². The number of aryl methyl sites for hydroxylation is 2. The minimum Gasteiger partial charge on any atom is -0.484 e. The molecule has 5 nitrogen and oxygen atoms in total. The normalized spacial score (nSPS) is 16.0. The maximum atomic E-state index is 12.3. The molecule has 1 atom stereocenters. The van der Waals surface area contributed by atoms with E-state index in [-0.39, 0.29) is 12.5 Å². The molecule has 0 radical (unpaired) electrons. The van der Waals surface area contributed by atoms with Gasteiger partial charge in [-0.15, -0.1) is 11.3 Å². The van der Waals surface area contributed by atoms with E-state index in [0.29, 0.717) is 22.2 Å². The highest BCUT2D eigenvalue weighted by molar-refractivity contribution is 7.17. The average molecular weight is 372 g/mol. The van der Waals surface area contributed by atoms with Crippen molar-refractivity contribution in [2.75, 3.05) is 11.9 Å². The molecule has 0 spiro atoms. The summed E-state index contributed by atoms with van der Waals surface area (Å²) in [5.41, 5.74) is 9.33. The van der Waals surface area contributed by atoms with Crippen LogP contribution in [0.25, 0.3) is 0 Å². The van der Waals surface area contributed by atoms with Crippen molar-refractivity contribution in [3.8, 4) is 5.75 Å². The molecule has 0 aliphatic heterocycles. The van der Waals surface area contributed by atoms with Crippen LogP contribution in [0.4, 0.5) is 5.00 Å². The van der Waals surface area contributed by atoms with E-state index in [4.69, 9.17) is 10.5 Å². The number of nitrogens with one attached hydrogen (secondary N) is 1. The minimum atomic E-state index is -0.484. The first kappa shape index (κ1) is 18.5. The van der Waals surface area contributed by atoms with Crippen LogP contribution < -0.4 is 15.8 Å². The van der Waals surface area contributed by atoms with E-state index in [9.17, 15) is 9.59 Å². The van der Waals surface area contributed by atoms with Crippen molar-refractivity contribution in [2.45, 2.75) is 40.0 Å². The largest absolute Gasteiger partial charge is 0.484 e. The summed E-state index contributed by atoms with van der Waals surface area (Å²) < 4.78 is 5.57. The second kappa shape index (κ2) is 7.50. The predicted octanol–water partition coefficient (Wildman–Crippen LogP) is 3.61. The van der Waals surface area contributed by atoms with E-state index in [1.54, 1.807) is 0 Å². The molecule has 1 aliphatic rings. The second-order valence-electron chi connectivity index (χ2n) is 7.00. The van der Waals surface area contributed by atoms with E-state index >= 15 is 0 Å². The summed E-state index contributed by atoms with van der Waals surface area (Å²) in [6, 6.07) is 5.71. The quantitative estimate of drug-likeness (QED) is 0.841. The third-order valence-electron chi connectivity index (χ3n) is 4.86. The van der Waals surface area contributed by atoms with E-state index in [0.717, 1.165) is 35.3 Å². The molecule has 0 saturated heterocycles. The fraction of sp³-hybridized carbons (Fsp3) is 0.400. The number of rotatable bonds is 5. The van der Waals surface area contributed by atoms with Crippen LogP contribution in [0.2, 0.25) is 0 Å². The zero-order valence-electron chi connectivity index (χ0n) is 15.3. The van der Waals surface area contributed by atoms with Crippen LogP contribution in [0.1, 0.15) is 45.3 Å². The molecule has 0 fully saturated rings. The van der Waals surface area contributed by atoms with Crippen LogP contribution in [-0.2, 0) is 17.6 Å².